The van der Waals surface area contributed by atoms with Gasteiger partial charge in [0.2, 0.25) is 10.0 Å². The second-order valence-corrected chi connectivity index (χ2v) is 6.62. The van der Waals surface area contributed by atoms with E-state index in [1.54, 1.807) is 24.4 Å². The quantitative estimate of drug-likeness (QED) is 0.855. The zero-order valence-corrected chi connectivity index (χ0v) is 13.0. The van der Waals surface area contributed by atoms with Crippen LogP contribution in [0.15, 0.2) is 29.3 Å². The van der Waals surface area contributed by atoms with Gasteiger partial charge in [-0.2, -0.15) is 5.10 Å². The molecule has 0 amide bonds. The highest BCUT2D eigenvalue weighted by Crippen LogP contribution is 2.32. The first-order valence-electron chi connectivity index (χ1n) is 6.97. The number of H-pyrrole nitrogens is 1. The molecule has 7 heteroatoms. The average Bonchev–Trinajstić information content (AvgIpc) is 2.90. The Morgan fingerprint density at radius 3 is 2.71 bits per heavy atom. The van der Waals surface area contributed by atoms with Crippen LogP contribution in [0.3, 0.4) is 0 Å². The molecular weight excluding hydrogens is 288 g/mol. The lowest BCUT2D eigenvalue weighted by Crippen LogP contribution is -2.15. The van der Waals surface area contributed by atoms with E-state index < -0.39 is 10.0 Å². The predicted octanol–water partition coefficient (Wildman–Crippen LogP) is 2.41. The Morgan fingerprint density at radius 1 is 1.38 bits per heavy atom. The van der Waals surface area contributed by atoms with Gasteiger partial charge in [0.1, 0.15) is 10.6 Å². The van der Waals surface area contributed by atoms with Crippen molar-refractivity contribution in [2.24, 2.45) is 5.14 Å². The summed E-state index contributed by atoms with van der Waals surface area (Å²) in [4.78, 5) is 4.22. The standard InChI is InChI=1S/C14H20N4O2S/c1-3-4-7-10(2)12-14(21(15,19)20)13(18-17-12)11-8-5-6-9-16-11/h5-6,8-10H,3-4,7H2,1-2H3,(H,17,18)(H2,15,19,20). The second-order valence-electron chi connectivity index (χ2n) is 5.12. The number of hydrogen-bond acceptors (Lipinski definition) is 4. The van der Waals surface area contributed by atoms with Crippen molar-refractivity contribution in [2.75, 3.05) is 0 Å². The molecule has 1 unspecified atom stereocenters. The minimum atomic E-state index is -3.87. The van der Waals surface area contributed by atoms with Crippen LogP contribution in [0.2, 0.25) is 0 Å². The first-order valence-corrected chi connectivity index (χ1v) is 8.52. The fourth-order valence-corrected chi connectivity index (χ4v) is 3.27. The molecule has 1 atom stereocenters. The van der Waals surface area contributed by atoms with Crippen LogP contribution in [0.1, 0.15) is 44.7 Å². The van der Waals surface area contributed by atoms with Crippen LogP contribution in [0.25, 0.3) is 11.4 Å². The molecule has 0 aliphatic rings. The number of aromatic amines is 1. The molecule has 0 aliphatic heterocycles. The maximum absolute atomic E-state index is 12.0. The van der Waals surface area contributed by atoms with E-state index in [2.05, 4.69) is 22.1 Å². The number of sulfonamides is 1. The molecule has 114 valence electrons. The molecule has 2 aromatic heterocycles. The van der Waals surface area contributed by atoms with Gasteiger partial charge in [-0.15, -0.1) is 0 Å². The molecule has 2 heterocycles. The molecule has 2 aromatic rings. The Labute approximate surface area is 124 Å². The van der Waals surface area contributed by atoms with Crippen molar-refractivity contribution in [1.29, 1.82) is 0 Å². The molecule has 0 fully saturated rings. The van der Waals surface area contributed by atoms with Gasteiger partial charge in [0.15, 0.2) is 0 Å². The van der Waals surface area contributed by atoms with Crippen molar-refractivity contribution < 1.29 is 8.42 Å². The zero-order chi connectivity index (χ0) is 15.5. The second kappa shape index (κ2) is 6.36. The summed E-state index contributed by atoms with van der Waals surface area (Å²) < 4.78 is 24.0. The minimum Gasteiger partial charge on any atom is -0.280 e. The number of nitrogens with one attached hydrogen (secondary N) is 1. The molecular formula is C14H20N4O2S. The van der Waals surface area contributed by atoms with Gasteiger partial charge >= 0.3 is 0 Å². The van der Waals surface area contributed by atoms with Crippen LogP contribution in [0, 0.1) is 0 Å². The number of hydrogen-bond donors (Lipinski definition) is 2. The van der Waals surface area contributed by atoms with Gasteiger partial charge in [0.05, 0.1) is 11.4 Å². The highest BCUT2D eigenvalue weighted by molar-refractivity contribution is 7.89. The van der Waals surface area contributed by atoms with Gasteiger partial charge in [0, 0.05) is 6.20 Å². The average molecular weight is 308 g/mol. The van der Waals surface area contributed by atoms with Crippen LogP contribution in [0.4, 0.5) is 0 Å². The van der Waals surface area contributed by atoms with Gasteiger partial charge in [-0.25, -0.2) is 13.6 Å². The molecule has 0 spiro atoms. The topological polar surface area (TPSA) is 102 Å². The summed E-state index contributed by atoms with van der Waals surface area (Å²) in [6.07, 6.45) is 4.54. The van der Waals surface area contributed by atoms with Crippen molar-refractivity contribution in [2.45, 2.75) is 43.9 Å². The van der Waals surface area contributed by atoms with Crippen LogP contribution in [-0.2, 0) is 10.0 Å². The van der Waals surface area contributed by atoms with Crippen LogP contribution in [0.5, 0.6) is 0 Å². The number of rotatable bonds is 6. The normalized spacial score (nSPS) is 13.3. The summed E-state index contributed by atoms with van der Waals surface area (Å²) in [6.45, 7) is 4.07. The molecule has 0 radical (unpaired) electrons. The number of pyridine rings is 1. The third-order valence-corrected chi connectivity index (χ3v) is 4.41. The highest BCUT2D eigenvalue weighted by atomic mass is 32.2. The lowest BCUT2D eigenvalue weighted by Gasteiger charge is -2.10. The summed E-state index contributed by atoms with van der Waals surface area (Å²) in [6, 6.07) is 5.26. The Bertz CT molecular complexity index is 695. The van der Waals surface area contributed by atoms with Gasteiger partial charge < -0.3 is 0 Å². The third-order valence-electron chi connectivity index (χ3n) is 3.42. The van der Waals surface area contributed by atoms with Crippen molar-refractivity contribution in [3.05, 3.63) is 30.1 Å². The highest BCUT2D eigenvalue weighted by Gasteiger charge is 2.27. The van der Waals surface area contributed by atoms with E-state index in [9.17, 15) is 8.42 Å². The fraction of sp³-hybridized carbons (Fsp3) is 0.429. The van der Waals surface area contributed by atoms with Gasteiger partial charge in [-0.05, 0) is 24.5 Å². The van der Waals surface area contributed by atoms with E-state index in [1.165, 1.54) is 0 Å². The van der Waals surface area contributed by atoms with Gasteiger partial charge in [-0.3, -0.25) is 10.1 Å². The van der Waals surface area contributed by atoms with E-state index in [0.29, 0.717) is 11.4 Å². The molecule has 0 aliphatic carbocycles. The maximum atomic E-state index is 12.0. The molecule has 0 aromatic carbocycles. The van der Waals surface area contributed by atoms with Gasteiger partial charge in [-0.1, -0.05) is 32.8 Å². The third kappa shape index (κ3) is 3.48. The van der Waals surface area contributed by atoms with Crippen molar-refractivity contribution in [3.8, 4) is 11.4 Å². The van der Waals surface area contributed by atoms with Crippen molar-refractivity contribution in [3.63, 3.8) is 0 Å². The molecule has 3 N–H and O–H groups in total. The Kier molecular flexibility index (Phi) is 4.74. The number of primary sulfonamides is 1. The lowest BCUT2D eigenvalue weighted by molar-refractivity contribution is 0.582. The summed E-state index contributed by atoms with van der Waals surface area (Å²) >= 11 is 0. The smallest absolute Gasteiger partial charge is 0.242 e. The summed E-state index contributed by atoms with van der Waals surface area (Å²) in [7, 11) is -3.87. The first kappa shape index (κ1) is 15.7. The van der Waals surface area contributed by atoms with Crippen LogP contribution in [-0.4, -0.2) is 23.6 Å². The summed E-state index contributed by atoms with van der Waals surface area (Å²) in [5.74, 6) is 0.0447. The van der Waals surface area contributed by atoms with Crippen LogP contribution >= 0.6 is 0 Å². The van der Waals surface area contributed by atoms with E-state index in [0.717, 1.165) is 19.3 Å². The maximum Gasteiger partial charge on any atom is 0.242 e. The Hall–Kier alpha value is -1.73. The van der Waals surface area contributed by atoms with Gasteiger partial charge in [0.25, 0.3) is 0 Å². The Balaban J connectivity index is 2.52. The minimum absolute atomic E-state index is 0.0447. The van der Waals surface area contributed by atoms with E-state index in [1.807, 2.05) is 6.92 Å². The molecule has 2 rings (SSSR count). The SMILES string of the molecule is CCCCC(C)c1[nH]nc(-c2ccccn2)c1S(N)(=O)=O. The number of nitrogens with zero attached hydrogens (tertiary/aromatic N) is 2. The first-order chi connectivity index (χ1) is 9.95. The molecule has 21 heavy (non-hydrogen) atoms. The number of unbranched alkanes of at least 4 members (excludes halogenated alkanes) is 1. The zero-order valence-electron chi connectivity index (χ0n) is 12.2. The van der Waals surface area contributed by atoms with Crippen LogP contribution < -0.4 is 5.14 Å². The number of aromatic nitrogens is 3. The van der Waals surface area contributed by atoms with E-state index >= 15 is 0 Å². The monoisotopic (exact) mass is 308 g/mol. The van der Waals surface area contributed by atoms with Crippen molar-refractivity contribution >= 4 is 10.0 Å². The largest absolute Gasteiger partial charge is 0.280 e. The molecule has 0 saturated carbocycles. The van der Waals surface area contributed by atoms with Crippen molar-refractivity contribution in [1.82, 2.24) is 15.2 Å². The molecule has 0 bridgehead atoms. The summed E-state index contributed by atoms with van der Waals surface area (Å²) in [5.41, 5.74) is 1.34. The summed E-state index contributed by atoms with van der Waals surface area (Å²) in [5, 5.41) is 12.4. The lowest BCUT2D eigenvalue weighted by atomic mass is 10.0. The molecule has 6 nitrogen and oxygen atoms in total. The molecule has 0 saturated heterocycles. The van der Waals surface area contributed by atoms with E-state index in [4.69, 9.17) is 5.14 Å². The predicted molar refractivity (Wildman–Crippen MR) is 81.1 cm³/mol. The Morgan fingerprint density at radius 2 is 2.14 bits per heavy atom. The fourth-order valence-electron chi connectivity index (χ4n) is 2.30. The van der Waals surface area contributed by atoms with E-state index in [-0.39, 0.29) is 16.5 Å². The number of nitrogens with two attached hydrogens (primary N) is 1.